The molecule has 6 aromatic carbocycles. The van der Waals surface area contributed by atoms with Gasteiger partial charge in [0.15, 0.2) is 5.82 Å². The minimum Gasteiger partial charge on any atom is -0.309 e. The molecule has 0 radical (unpaired) electrons. The molecule has 0 atom stereocenters. The lowest BCUT2D eigenvalue weighted by molar-refractivity contribution is 1.17. The van der Waals surface area contributed by atoms with Crippen molar-refractivity contribution in [2.45, 2.75) is 0 Å². The van der Waals surface area contributed by atoms with E-state index < -0.39 is 0 Å². The summed E-state index contributed by atoms with van der Waals surface area (Å²) in [7, 11) is 0. The number of aromatic nitrogens is 3. The molecule has 0 amide bonds. The summed E-state index contributed by atoms with van der Waals surface area (Å²) in [4.78, 5) is 11.4. The van der Waals surface area contributed by atoms with Gasteiger partial charge >= 0.3 is 0 Å². The van der Waals surface area contributed by atoms with Gasteiger partial charge in [-0.2, -0.15) is 0 Å². The van der Waals surface area contributed by atoms with Crippen LogP contribution in [0.15, 0.2) is 140 Å². The first-order valence-corrected chi connectivity index (χ1v) is 14.9. The Bertz CT molecular complexity index is 2470. The topological polar surface area (TPSA) is 30.7 Å². The van der Waals surface area contributed by atoms with E-state index in [-0.39, 0.29) is 0 Å². The van der Waals surface area contributed by atoms with Crippen molar-refractivity contribution in [1.29, 1.82) is 0 Å². The van der Waals surface area contributed by atoms with Gasteiger partial charge in [-0.3, -0.25) is 0 Å². The van der Waals surface area contributed by atoms with Crippen molar-refractivity contribution in [3.8, 4) is 28.3 Å². The van der Waals surface area contributed by atoms with Gasteiger partial charge in [-0.15, -0.1) is 11.3 Å². The summed E-state index contributed by atoms with van der Waals surface area (Å²) in [5.41, 5.74) is 6.54. The number of benzene rings is 6. The fourth-order valence-corrected chi connectivity index (χ4v) is 7.43. The summed E-state index contributed by atoms with van der Waals surface area (Å²) >= 11 is 1.73. The van der Waals surface area contributed by atoms with Crippen LogP contribution in [0.25, 0.3) is 81.2 Å². The minimum absolute atomic E-state index is 0.737. The first-order chi connectivity index (χ1) is 20.8. The van der Waals surface area contributed by atoms with Crippen molar-refractivity contribution in [3.63, 3.8) is 0 Å². The van der Waals surface area contributed by atoms with Gasteiger partial charge in [0.05, 0.1) is 16.7 Å². The smallest absolute Gasteiger partial charge is 0.161 e. The number of nitrogens with zero attached hydrogens (tertiary/aromatic N) is 3. The molecule has 3 nitrogen and oxygen atoms in total. The second-order valence-corrected chi connectivity index (χ2v) is 11.7. The number of fused-ring (bicyclic) bond motifs is 8. The highest BCUT2D eigenvalue weighted by molar-refractivity contribution is 7.25. The molecule has 0 spiro atoms. The zero-order valence-corrected chi connectivity index (χ0v) is 23.3. The van der Waals surface area contributed by atoms with E-state index in [1.165, 1.54) is 42.7 Å². The molecule has 0 aliphatic heterocycles. The van der Waals surface area contributed by atoms with Crippen molar-refractivity contribution < 1.29 is 0 Å². The largest absolute Gasteiger partial charge is 0.309 e. The lowest BCUT2D eigenvalue weighted by Gasteiger charge is -2.11. The summed E-state index contributed by atoms with van der Waals surface area (Å²) in [5, 5.41) is 7.38. The minimum atomic E-state index is 0.737. The van der Waals surface area contributed by atoms with Crippen LogP contribution in [-0.4, -0.2) is 14.5 Å². The van der Waals surface area contributed by atoms with E-state index >= 15 is 0 Å². The molecule has 0 aliphatic rings. The molecule has 42 heavy (non-hydrogen) atoms. The quantitative estimate of drug-likeness (QED) is 0.218. The maximum Gasteiger partial charge on any atom is 0.161 e. The van der Waals surface area contributed by atoms with Gasteiger partial charge in [-0.05, 0) is 41.1 Å². The van der Waals surface area contributed by atoms with E-state index in [0.29, 0.717) is 0 Å². The van der Waals surface area contributed by atoms with Gasteiger partial charge < -0.3 is 4.57 Å². The second-order valence-electron chi connectivity index (χ2n) is 10.6. The van der Waals surface area contributed by atoms with Crippen LogP contribution in [0.5, 0.6) is 0 Å². The number of para-hydroxylation sites is 1. The van der Waals surface area contributed by atoms with Crippen molar-refractivity contribution in [3.05, 3.63) is 140 Å². The van der Waals surface area contributed by atoms with Crippen LogP contribution in [0, 0.1) is 0 Å². The Morgan fingerprint density at radius 2 is 1.24 bits per heavy atom. The molecule has 0 bridgehead atoms. The van der Waals surface area contributed by atoms with Gasteiger partial charge in [-0.25, -0.2) is 9.97 Å². The van der Waals surface area contributed by atoms with Crippen molar-refractivity contribution in [2.75, 3.05) is 0 Å². The van der Waals surface area contributed by atoms with E-state index in [4.69, 9.17) is 9.97 Å². The predicted molar refractivity (Wildman–Crippen MR) is 178 cm³/mol. The molecule has 0 aliphatic carbocycles. The molecule has 9 rings (SSSR count). The number of hydrogen-bond acceptors (Lipinski definition) is 3. The SMILES string of the molecule is c1ccc(-c2nc(-c3cccc(-n4c5ccccc5c5c6ccccc6ccc54)c3)nc3sc4ccccc4c23)cc1. The third-order valence-corrected chi connectivity index (χ3v) is 9.28. The van der Waals surface area contributed by atoms with Gasteiger partial charge in [0.1, 0.15) is 4.83 Å². The molecule has 9 aromatic rings. The van der Waals surface area contributed by atoms with Crippen molar-refractivity contribution in [2.24, 2.45) is 0 Å². The van der Waals surface area contributed by atoms with Crippen LogP contribution < -0.4 is 0 Å². The van der Waals surface area contributed by atoms with Gasteiger partial charge in [0.2, 0.25) is 0 Å². The van der Waals surface area contributed by atoms with Gasteiger partial charge in [0, 0.05) is 43.1 Å². The van der Waals surface area contributed by atoms with E-state index in [1.807, 2.05) is 6.07 Å². The van der Waals surface area contributed by atoms with Crippen LogP contribution in [0.4, 0.5) is 0 Å². The summed E-state index contributed by atoms with van der Waals surface area (Å²) in [6.45, 7) is 0. The Kier molecular flexibility index (Phi) is 5.07. The van der Waals surface area contributed by atoms with Crippen molar-refractivity contribution in [1.82, 2.24) is 14.5 Å². The average Bonchev–Trinajstić information content (AvgIpc) is 3.61. The van der Waals surface area contributed by atoms with Gasteiger partial charge in [-0.1, -0.05) is 109 Å². The Labute approximate surface area is 246 Å². The second kappa shape index (κ2) is 9.10. The van der Waals surface area contributed by atoms with Crippen LogP contribution in [0.2, 0.25) is 0 Å². The monoisotopic (exact) mass is 553 g/mol. The van der Waals surface area contributed by atoms with E-state index in [9.17, 15) is 0 Å². The molecule has 0 unspecified atom stereocenters. The molecule has 0 saturated carbocycles. The van der Waals surface area contributed by atoms with E-state index in [1.54, 1.807) is 11.3 Å². The van der Waals surface area contributed by atoms with Crippen LogP contribution in [0.1, 0.15) is 0 Å². The highest BCUT2D eigenvalue weighted by Crippen LogP contribution is 2.40. The lowest BCUT2D eigenvalue weighted by Crippen LogP contribution is -1.97. The van der Waals surface area contributed by atoms with E-state index in [0.717, 1.165) is 38.5 Å². The highest BCUT2D eigenvalue weighted by atomic mass is 32.1. The molecule has 3 heterocycles. The standard InChI is InChI=1S/C38H23N3S/c1-2-12-25(13-3-1)36-35-30-18-7-9-20-33(30)42-38(35)40-37(39-36)26-14-10-15-27(23-26)41-31-19-8-6-17-29(31)34-28-16-5-4-11-24(28)21-22-32(34)41/h1-23H. The normalized spacial score (nSPS) is 11.8. The molecule has 0 saturated heterocycles. The third kappa shape index (κ3) is 3.46. The third-order valence-electron chi connectivity index (χ3n) is 8.21. The molecular formula is C38H23N3S. The molecule has 196 valence electrons. The predicted octanol–water partition coefficient (Wildman–Crippen LogP) is 10.4. The Hall–Kier alpha value is -5.32. The number of rotatable bonds is 3. The summed E-state index contributed by atoms with van der Waals surface area (Å²) in [6.07, 6.45) is 0. The van der Waals surface area contributed by atoms with Crippen molar-refractivity contribution >= 4 is 64.2 Å². The summed E-state index contributed by atoms with van der Waals surface area (Å²) in [6, 6.07) is 49.5. The Morgan fingerprint density at radius 3 is 2.14 bits per heavy atom. The van der Waals surface area contributed by atoms with Gasteiger partial charge in [0.25, 0.3) is 0 Å². The average molecular weight is 554 g/mol. The highest BCUT2D eigenvalue weighted by Gasteiger charge is 2.18. The fourth-order valence-electron chi connectivity index (χ4n) is 6.36. The molecular weight excluding hydrogens is 531 g/mol. The zero-order chi connectivity index (χ0) is 27.6. The molecule has 3 aromatic heterocycles. The fraction of sp³-hybridized carbons (Fsp3) is 0. The molecule has 0 fully saturated rings. The first-order valence-electron chi connectivity index (χ1n) is 14.1. The van der Waals surface area contributed by atoms with Crippen LogP contribution >= 0.6 is 11.3 Å². The van der Waals surface area contributed by atoms with Crippen LogP contribution in [-0.2, 0) is 0 Å². The summed E-state index contributed by atoms with van der Waals surface area (Å²) < 4.78 is 3.60. The maximum atomic E-state index is 5.24. The first kappa shape index (κ1) is 23.4. The number of thiophene rings is 1. The van der Waals surface area contributed by atoms with E-state index in [2.05, 4.69) is 138 Å². The Balaban J connectivity index is 1.30. The summed E-state index contributed by atoms with van der Waals surface area (Å²) in [5.74, 6) is 0.737. The number of hydrogen-bond donors (Lipinski definition) is 0. The lowest BCUT2D eigenvalue weighted by atomic mass is 10.0. The maximum absolute atomic E-state index is 5.24. The molecule has 0 N–H and O–H groups in total. The molecule has 4 heteroatoms. The zero-order valence-electron chi connectivity index (χ0n) is 22.5. The Morgan fingerprint density at radius 1 is 0.500 bits per heavy atom. The van der Waals surface area contributed by atoms with Crippen LogP contribution in [0.3, 0.4) is 0 Å².